The molecule has 2 aromatic rings. The monoisotopic (exact) mass is 232 g/mol. The molecule has 17 heavy (non-hydrogen) atoms. The van der Waals surface area contributed by atoms with Gasteiger partial charge in [0.25, 0.3) is 0 Å². The van der Waals surface area contributed by atoms with E-state index < -0.39 is 11.1 Å². The summed E-state index contributed by atoms with van der Waals surface area (Å²) in [6.07, 6.45) is 1.47. The number of H-pyrrole nitrogens is 2. The number of rotatable bonds is 3. The lowest BCUT2D eigenvalue weighted by Crippen LogP contribution is -2.28. The summed E-state index contributed by atoms with van der Waals surface area (Å²) in [5, 5.41) is 0. The molecular formula is C12H12N2O3. The first-order chi connectivity index (χ1) is 8.20. The third kappa shape index (κ3) is 2.44. The maximum atomic E-state index is 11.2. The normalized spacial score (nSPS) is 10.2. The van der Waals surface area contributed by atoms with Gasteiger partial charge in [-0.3, -0.25) is 9.59 Å². The zero-order valence-electron chi connectivity index (χ0n) is 9.32. The summed E-state index contributed by atoms with van der Waals surface area (Å²) < 4.78 is 5.36. The van der Waals surface area contributed by atoms with Gasteiger partial charge in [0, 0.05) is 11.8 Å². The van der Waals surface area contributed by atoms with Crippen molar-refractivity contribution in [3.05, 3.63) is 51.2 Å². The molecule has 0 saturated heterocycles. The molecule has 1 aromatic carbocycles. The lowest BCUT2D eigenvalue weighted by Gasteiger charge is -2.05. The number of hydrogen-bond acceptors (Lipinski definition) is 3. The van der Waals surface area contributed by atoms with Gasteiger partial charge in [0.15, 0.2) is 0 Å². The zero-order chi connectivity index (χ0) is 12.3. The van der Waals surface area contributed by atoms with Crippen LogP contribution in [-0.4, -0.2) is 16.6 Å². The summed E-state index contributed by atoms with van der Waals surface area (Å²) in [5.41, 5.74) is 0.0134. The fraction of sp³-hybridized carbons (Fsp3) is 0.167. The van der Waals surface area contributed by atoms with Gasteiger partial charge in [0.05, 0.1) is 12.3 Å². The van der Waals surface area contributed by atoms with Crippen LogP contribution in [0.15, 0.2) is 40.1 Å². The highest BCUT2D eigenvalue weighted by atomic mass is 16.5. The molecule has 0 amide bonds. The molecule has 1 heterocycles. The summed E-state index contributed by atoms with van der Waals surface area (Å²) >= 11 is 0. The first-order valence-corrected chi connectivity index (χ1v) is 5.26. The van der Waals surface area contributed by atoms with Gasteiger partial charge >= 0.3 is 11.1 Å². The molecule has 0 aliphatic rings. The Hall–Kier alpha value is -2.30. The van der Waals surface area contributed by atoms with Crippen molar-refractivity contribution in [2.75, 3.05) is 6.61 Å². The van der Waals surface area contributed by atoms with E-state index in [9.17, 15) is 9.59 Å². The van der Waals surface area contributed by atoms with Gasteiger partial charge in [0.2, 0.25) is 0 Å². The Kier molecular flexibility index (Phi) is 3.09. The minimum absolute atomic E-state index is 0.552. The van der Waals surface area contributed by atoms with Gasteiger partial charge in [0.1, 0.15) is 5.75 Å². The van der Waals surface area contributed by atoms with E-state index in [-0.39, 0.29) is 0 Å². The van der Waals surface area contributed by atoms with Crippen molar-refractivity contribution in [2.45, 2.75) is 6.92 Å². The van der Waals surface area contributed by atoms with Crippen LogP contribution in [0.5, 0.6) is 5.75 Å². The standard InChI is InChI=1S/C12H12N2O3/c1-2-17-9-5-3-4-8(6-9)10-7-13-11(15)12(16)14-10/h3-7H,2H2,1H3,(H,13,15)(H,14,16). The lowest BCUT2D eigenvalue weighted by atomic mass is 10.1. The molecule has 0 fully saturated rings. The number of nitrogens with one attached hydrogen (secondary N) is 2. The second-order valence-electron chi connectivity index (χ2n) is 3.45. The summed E-state index contributed by atoms with van der Waals surface area (Å²) in [7, 11) is 0. The van der Waals surface area contributed by atoms with E-state index >= 15 is 0 Å². The van der Waals surface area contributed by atoms with Crippen molar-refractivity contribution < 1.29 is 4.74 Å². The molecule has 0 saturated carbocycles. The highest BCUT2D eigenvalue weighted by molar-refractivity contribution is 5.59. The molecule has 2 N–H and O–H groups in total. The molecule has 0 spiro atoms. The Balaban J connectivity index is 2.45. The van der Waals surface area contributed by atoms with Crippen LogP contribution in [0, 0.1) is 0 Å². The van der Waals surface area contributed by atoms with Gasteiger partial charge in [-0.05, 0) is 19.1 Å². The van der Waals surface area contributed by atoms with Crippen molar-refractivity contribution >= 4 is 0 Å². The summed E-state index contributed by atoms with van der Waals surface area (Å²) in [4.78, 5) is 27.0. The van der Waals surface area contributed by atoms with Crippen LogP contribution in [0.2, 0.25) is 0 Å². The van der Waals surface area contributed by atoms with Crippen molar-refractivity contribution in [1.82, 2.24) is 9.97 Å². The number of aromatic nitrogens is 2. The summed E-state index contributed by atoms with van der Waals surface area (Å²) in [6, 6.07) is 7.28. The molecule has 0 radical (unpaired) electrons. The molecule has 0 atom stereocenters. The highest BCUT2D eigenvalue weighted by Crippen LogP contribution is 2.20. The van der Waals surface area contributed by atoms with Gasteiger partial charge in [-0.2, -0.15) is 0 Å². The average molecular weight is 232 g/mol. The number of ether oxygens (including phenoxy) is 1. The Morgan fingerprint density at radius 3 is 2.76 bits per heavy atom. The minimum atomic E-state index is -0.663. The predicted molar refractivity (Wildman–Crippen MR) is 64.3 cm³/mol. The average Bonchev–Trinajstić information content (AvgIpc) is 2.33. The molecule has 0 aliphatic carbocycles. The van der Waals surface area contributed by atoms with Crippen molar-refractivity contribution in [2.24, 2.45) is 0 Å². The molecule has 1 aromatic heterocycles. The summed E-state index contributed by atoms with van der Waals surface area (Å²) in [6.45, 7) is 2.47. The number of hydrogen-bond donors (Lipinski definition) is 2. The molecular weight excluding hydrogens is 220 g/mol. The molecule has 2 rings (SSSR count). The van der Waals surface area contributed by atoms with Crippen LogP contribution in [0.1, 0.15) is 6.92 Å². The van der Waals surface area contributed by atoms with Gasteiger partial charge < -0.3 is 14.7 Å². The van der Waals surface area contributed by atoms with E-state index in [1.165, 1.54) is 6.20 Å². The fourth-order valence-electron chi connectivity index (χ4n) is 1.49. The molecule has 88 valence electrons. The van der Waals surface area contributed by atoms with Crippen LogP contribution < -0.4 is 15.9 Å². The molecule has 0 bridgehead atoms. The van der Waals surface area contributed by atoms with E-state index in [0.717, 1.165) is 11.3 Å². The maximum Gasteiger partial charge on any atom is 0.314 e. The SMILES string of the molecule is CCOc1cccc(-c2c[nH]c(=O)c(=O)[nH]2)c1. The van der Waals surface area contributed by atoms with E-state index in [2.05, 4.69) is 9.97 Å². The van der Waals surface area contributed by atoms with Crippen LogP contribution >= 0.6 is 0 Å². The third-order valence-corrected chi connectivity index (χ3v) is 2.26. The minimum Gasteiger partial charge on any atom is -0.494 e. The van der Waals surface area contributed by atoms with Gasteiger partial charge in [-0.25, -0.2) is 0 Å². The Morgan fingerprint density at radius 2 is 2.06 bits per heavy atom. The quantitative estimate of drug-likeness (QED) is 0.779. The van der Waals surface area contributed by atoms with Crippen molar-refractivity contribution in [3.63, 3.8) is 0 Å². The van der Waals surface area contributed by atoms with Crippen LogP contribution in [-0.2, 0) is 0 Å². The maximum absolute atomic E-state index is 11.2. The Morgan fingerprint density at radius 1 is 1.24 bits per heavy atom. The first-order valence-electron chi connectivity index (χ1n) is 5.26. The van der Waals surface area contributed by atoms with Gasteiger partial charge in [-0.1, -0.05) is 12.1 Å². The van der Waals surface area contributed by atoms with Crippen LogP contribution in [0.25, 0.3) is 11.3 Å². The van der Waals surface area contributed by atoms with E-state index in [0.29, 0.717) is 12.3 Å². The van der Waals surface area contributed by atoms with Crippen molar-refractivity contribution in [3.8, 4) is 17.0 Å². The molecule has 5 heteroatoms. The molecule has 0 unspecified atom stereocenters. The first kappa shape index (κ1) is 11.2. The van der Waals surface area contributed by atoms with Crippen LogP contribution in [0.3, 0.4) is 0 Å². The third-order valence-electron chi connectivity index (χ3n) is 2.26. The Bertz CT molecular complexity index is 628. The second-order valence-corrected chi connectivity index (χ2v) is 3.45. The largest absolute Gasteiger partial charge is 0.494 e. The van der Waals surface area contributed by atoms with Gasteiger partial charge in [-0.15, -0.1) is 0 Å². The van der Waals surface area contributed by atoms with E-state index in [1.54, 1.807) is 6.07 Å². The highest BCUT2D eigenvalue weighted by Gasteiger charge is 2.02. The lowest BCUT2D eigenvalue weighted by molar-refractivity contribution is 0.340. The van der Waals surface area contributed by atoms with E-state index in [4.69, 9.17) is 4.74 Å². The molecule has 0 aliphatic heterocycles. The predicted octanol–water partition coefficient (Wildman–Crippen LogP) is 1.13. The van der Waals surface area contributed by atoms with Crippen molar-refractivity contribution in [1.29, 1.82) is 0 Å². The fourth-order valence-corrected chi connectivity index (χ4v) is 1.49. The number of benzene rings is 1. The molecule has 5 nitrogen and oxygen atoms in total. The number of aromatic amines is 2. The topological polar surface area (TPSA) is 75.0 Å². The smallest absolute Gasteiger partial charge is 0.314 e. The second kappa shape index (κ2) is 4.69. The van der Waals surface area contributed by atoms with E-state index in [1.807, 2.05) is 25.1 Å². The summed E-state index contributed by atoms with van der Waals surface area (Å²) in [5.74, 6) is 0.719. The van der Waals surface area contributed by atoms with Crippen LogP contribution in [0.4, 0.5) is 0 Å². The Labute approximate surface area is 97.1 Å². The zero-order valence-corrected chi connectivity index (χ0v) is 9.32.